The summed E-state index contributed by atoms with van der Waals surface area (Å²) in [5.41, 5.74) is 0.286. The summed E-state index contributed by atoms with van der Waals surface area (Å²) in [7, 11) is 0. The van der Waals surface area contributed by atoms with Crippen molar-refractivity contribution in [1.29, 1.82) is 0 Å². The van der Waals surface area contributed by atoms with E-state index in [-0.39, 0.29) is 22.2 Å². The maximum atomic E-state index is 13.7. The van der Waals surface area contributed by atoms with E-state index in [9.17, 15) is 8.78 Å². The molecule has 1 aliphatic rings. The number of thioether (sulfide) groups is 1. The van der Waals surface area contributed by atoms with Crippen molar-refractivity contribution in [1.82, 2.24) is 0 Å². The second kappa shape index (κ2) is 5.25. The van der Waals surface area contributed by atoms with Gasteiger partial charge in [0.1, 0.15) is 5.82 Å². The number of rotatable bonds is 2. The molecule has 5 heteroatoms. The normalized spacial score (nSPS) is 22.8. The molecule has 1 aromatic rings. The Hall–Kier alpha value is -0.480. The van der Waals surface area contributed by atoms with Gasteiger partial charge in [-0.3, -0.25) is 0 Å². The summed E-state index contributed by atoms with van der Waals surface area (Å²) in [5.74, 6) is 0.733. The van der Waals surface area contributed by atoms with E-state index in [4.69, 9.17) is 11.6 Å². The average molecular weight is 292 g/mol. The van der Waals surface area contributed by atoms with Crippen LogP contribution in [0.5, 0.6) is 0 Å². The highest BCUT2D eigenvalue weighted by Crippen LogP contribution is 2.38. The third-order valence-electron chi connectivity index (χ3n) is 3.44. The van der Waals surface area contributed by atoms with Crippen molar-refractivity contribution in [2.75, 3.05) is 16.8 Å². The highest BCUT2D eigenvalue weighted by Gasteiger charge is 2.33. The summed E-state index contributed by atoms with van der Waals surface area (Å²) in [6, 6.07) is 2.13. The quantitative estimate of drug-likeness (QED) is 0.857. The third kappa shape index (κ3) is 2.91. The van der Waals surface area contributed by atoms with Gasteiger partial charge >= 0.3 is 0 Å². The topological polar surface area (TPSA) is 12.0 Å². The molecule has 1 unspecified atom stereocenters. The number of anilines is 1. The minimum Gasteiger partial charge on any atom is -0.377 e. The molecule has 0 bridgehead atoms. The van der Waals surface area contributed by atoms with Crippen molar-refractivity contribution >= 4 is 29.1 Å². The van der Waals surface area contributed by atoms with Crippen molar-refractivity contribution in [2.45, 2.75) is 26.3 Å². The molecule has 1 heterocycles. The summed E-state index contributed by atoms with van der Waals surface area (Å²) in [5, 5.41) is 3.24. The number of hydrogen-bond donors (Lipinski definition) is 1. The van der Waals surface area contributed by atoms with Crippen LogP contribution in [0.25, 0.3) is 0 Å². The lowest BCUT2D eigenvalue weighted by Crippen LogP contribution is -2.41. The van der Waals surface area contributed by atoms with Crippen molar-refractivity contribution in [3.63, 3.8) is 0 Å². The first-order valence-electron chi connectivity index (χ1n) is 5.89. The van der Waals surface area contributed by atoms with Crippen molar-refractivity contribution in [3.05, 3.63) is 28.8 Å². The average Bonchev–Trinajstić information content (AvgIpc) is 2.24. The van der Waals surface area contributed by atoms with Crippen molar-refractivity contribution in [2.24, 2.45) is 5.41 Å². The zero-order valence-electron chi connectivity index (χ0n) is 10.4. The largest absolute Gasteiger partial charge is 0.377 e. The highest BCUT2D eigenvalue weighted by molar-refractivity contribution is 7.99. The molecule has 0 amide bonds. The van der Waals surface area contributed by atoms with E-state index >= 15 is 0 Å². The molecular weight excluding hydrogens is 276 g/mol. The predicted octanol–water partition coefficient (Wildman–Crippen LogP) is 4.56. The summed E-state index contributed by atoms with van der Waals surface area (Å²) in [6.45, 7) is 4.30. The SMILES string of the molecule is CC1(C)CCSCC1Nc1c(F)cc(F)cc1Cl. The van der Waals surface area contributed by atoms with Gasteiger partial charge in [-0.25, -0.2) is 8.78 Å². The minimum atomic E-state index is -0.652. The van der Waals surface area contributed by atoms with E-state index < -0.39 is 11.6 Å². The van der Waals surface area contributed by atoms with Gasteiger partial charge in [-0.05, 0) is 23.7 Å². The van der Waals surface area contributed by atoms with E-state index in [2.05, 4.69) is 19.2 Å². The van der Waals surface area contributed by atoms with Crippen LogP contribution < -0.4 is 5.32 Å². The lowest BCUT2D eigenvalue weighted by molar-refractivity contribution is 0.304. The van der Waals surface area contributed by atoms with Crippen LogP contribution >= 0.6 is 23.4 Å². The fourth-order valence-corrected chi connectivity index (χ4v) is 3.88. The van der Waals surface area contributed by atoms with E-state index in [1.807, 2.05) is 11.8 Å². The zero-order valence-corrected chi connectivity index (χ0v) is 12.0. The Labute approximate surface area is 115 Å². The zero-order chi connectivity index (χ0) is 13.3. The van der Waals surface area contributed by atoms with E-state index in [1.54, 1.807) is 0 Å². The van der Waals surface area contributed by atoms with Crippen LogP contribution in [0, 0.1) is 17.0 Å². The summed E-state index contributed by atoms with van der Waals surface area (Å²) < 4.78 is 26.7. The second-order valence-corrected chi connectivity index (χ2v) is 6.81. The first-order chi connectivity index (χ1) is 8.40. The molecule has 0 radical (unpaired) electrons. The van der Waals surface area contributed by atoms with Gasteiger partial charge < -0.3 is 5.32 Å². The molecule has 0 aromatic heterocycles. The molecule has 1 N–H and O–H groups in total. The molecule has 0 saturated carbocycles. The molecule has 0 aliphatic carbocycles. The first kappa shape index (κ1) is 13.9. The Morgan fingerprint density at radius 3 is 2.72 bits per heavy atom. The molecule has 1 aromatic carbocycles. The van der Waals surface area contributed by atoms with Crippen molar-refractivity contribution < 1.29 is 8.78 Å². The van der Waals surface area contributed by atoms with Crippen molar-refractivity contribution in [3.8, 4) is 0 Å². The van der Waals surface area contributed by atoms with Gasteiger partial charge in [0.15, 0.2) is 5.82 Å². The maximum Gasteiger partial charge on any atom is 0.150 e. The minimum absolute atomic E-state index is 0.0788. The summed E-state index contributed by atoms with van der Waals surface area (Å²) in [4.78, 5) is 0. The summed E-state index contributed by atoms with van der Waals surface area (Å²) >= 11 is 7.74. The number of halogens is 3. The van der Waals surface area contributed by atoms with Crippen LogP contribution in [-0.2, 0) is 0 Å². The van der Waals surface area contributed by atoms with Crippen LogP contribution in [0.15, 0.2) is 12.1 Å². The lowest BCUT2D eigenvalue weighted by Gasteiger charge is -2.39. The smallest absolute Gasteiger partial charge is 0.150 e. The fourth-order valence-electron chi connectivity index (χ4n) is 2.03. The third-order valence-corrected chi connectivity index (χ3v) is 4.80. The molecule has 1 atom stereocenters. The maximum absolute atomic E-state index is 13.7. The van der Waals surface area contributed by atoms with Crippen LogP contribution in [0.2, 0.25) is 5.02 Å². The van der Waals surface area contributed by atoms with Gasteiger partial charge in [-0.1, -0.05) is 25.4 Å². The lowest BCUT2D eigenvalue weighted by atomic mass is 9.82. The summed E-state index contributed by atoms with van der Waals surface area (Å²) in [6.07, 6.45) is 1.07. The van der Waals surface area contributed by atoms with Gasteiger partial charge in [0, 0.05) is 17.9 Å². The van der Waals surface area contributed by atoms with E-state index in [1.165, 1.54) is 0 Å². The molecule has 1 fully saturated rings. The molecule has 2 rings (SSSR count). The Balaban J connectivity index is 2.23. The van der Waals surface area contributed by atoms with Gasteiger partial charge in [0.2, 0.25) is 0 Å². The predicted molar refractivity (Wildman–Crippen MR) is 74.5 cm³/mol. The fraction of sp³-hybridized carbons (Fsp3) is 0.538. The van der Waals surface area contributed by atoms with Crippen LogP contribution in [-0.4, -0.2) is 17.5 Å². The number of nitrogens with one attached hydrogen (secondary N) is 1. The molecule has 1 nitrogen and oxygen atoms in total. The standard InChI is InChI=1S/C13H16ClF2NS/c1-13(2)3-4-18-7-11(13)17-12-9(14)5-8(15)6-10(12)16/h5-6,11,17H,3-4,7H2,1-2H3. The molecule has 18 heavy (non-hydrogen) atoms. The van der Waals surface area contributed by atoms with Crippen LogP contribution in [0.3, 0.4) is 0 Å². The molecule has 100 valence electrons. The number of benzene rings is 1. The molecule has 1 aliphatic heterocycles. The molecule has 0 spiro atoms. The second-order valence-electron chi connectivity index (χ2n) is 5.25. The van der Waals surface area contributed by atoms with Gasteiger partial charge in [-0.2, -0.15) is 11.8 Å². The number of hydrogen-bond acceptors (Lipinski definition) is 2. The van der Waals surface area contributed by atoms with E-state index in [0.29, 0.717) is 0 Å². The van der Waals surface area contributed by atoms with E-state index in [0.717, 1.165) is 30.1 Å². The Morgan fingerprint density at radius 2 is 2.11 bits per heavy atom. The Morgan fingerprint density at radius 1 is 1.39 bits per heavy atom. The van der Waals surface area contributed by atoms with Crippen LogP contribution in [0.1, 0.15) is 20.3 Å². The Kier molecular flexibility index (Phi) is 4.07. The molecule has 1 saturated heterocycles. The monoisotopic (exact) mass is 291 g/mol. The first-order valence-corrected chi connectivity index (χ1v) is 7.42. The van der Waals surface area contributed by atoms with Gasteiger partial charge in [-0.15, -0.1) is 0 Å². The van der Waals surface area contributed by atoms with Crippen LogP contribution in [0.4, 0.5) is 14.5 Å². The molecular formula is C13H16ClF2NS. The highest BCUT2D eigenvalue weighted by atomic mass is 35.5. The van der Waals surface area contributed by atoms with Gasteiger partial charge in [0.25, 0.3) is 0 Å². The Bertz CT molecular complexity index is 428. The van der Waals surface area contributed by atoms with Gasteiger partial charge in [0.05, 0.1) is 10.7 Å².